The first kappa shape index (κ1) is 14.4. The minimum absolute atomic E-state index is 0.525. The topological polar surface area (TPSA) is 26.0 Å². The van der Waals surface area contributed by atoms with Gasteiger partial charge in [-0.15, -0.1) is 11.3 Å². The number of hydrogen-bond donors (Lipinski definition) is 1. The Morgan fingerprint density at radius 1 is 1.28 bits per heavy atom. The Labute approximate surface area is 120 Å². The van der Waals surface area contributed by atoms with Crippen LogP contribution in [0.25, 0.3) is 0 Å². The lowest BCUT2D eigenvalue weighted by molar-refractivity contribution is 0.161. The molecular formula is C15H24ClNS. The largest absolute Gasteiger partial charge is 0.330 e. The summed E-state index contributed by atoms with van der Waals surface area (Å²) in [4.78, 5) is 1.44. The van der Waals surface area contributed by atoms with Crippen molar-refractivity contribution in [2.45, 2.75) is 58.3 Å². The van der Waals surface area contributed by atoms with Crippen LogP contribution in [0.1, 0.15) is 55.4 Å². The number of halogens is 1. The fourth-order valence-electron chi connectivity index (χ4n) is 3.27. The second-order valence-corrected chi connectivity index (χ2v) is 7.51. The number of aryl methyl sites for hydroxylation is 2. The summed E-state index contributed by atoms with van der Waals surface area (Å²) >= 11 is 7.90. The van der Waals surface area contributed by atoms with E-state index in [-0.39, 0.29) is 0 Å². The van der Waals surface area contributed by atoms with E-state index in [0.717, 1.165) is 10.9 Å². The van der Waals surface area contributed by atoms with Crippen LogP contribution in [-0.2, 0) is 6.42 Å². The van der Waals surface area contributed by atoms with Gasteiger partial charge >= 0.3 is 0 Å². The Bertz CT molecular complexity index is 355. The summed E-state index contributed by atoms with van der Waals surface area (Å²) in [6.45, 7) is 2.93. The minimum atomic E-state index is 0.525. The quantitative estimate of drug-likeness (QED) is 0.814. The summed E-state index contributed by atoms with van der Waals surface area (Å²) in [5, 5.41) is 0. The molecule has 0 atom stereocenters. The van der Waals surface area contributed by atoms with Crippen molar-refractivity contribution in [1.29, 1.82) is 0 Å². The van der Waals surface area contributed by atoms with Crippen molar-refractivity contribution in [3.8, 4) is 0 Å². The van der Waals surface area contributed by atoms with Crippen LogP contribution < -0.4 is 5.73 Å². The third kappa shape index (κ3) is 3.49. The van der Waals surface area contributed by atoms with Crippen LogP contribution in [0.4, 0.5) is 0 Å². The van der Waals surface area contributed by atoms with Crippen LogP contribution in [0.15, 0.2) is 6.07 Å². The van der Waals surface area contributed by atoms with E-state index in [4.69, 9.17) is 17.3 Å². The van der Waals surface area contributed by atoms with E-state index in [1.165, 1.54) is 61.8 Å². The summed E-state index contributed by atoms with van der Waals surface area (Å²) < 4.78 is 0.960. The monoisotopic (exact) mass is 285 g/mol. The van der Waals surface area contributed by atoms with Gasteiger partial charge < -0.3 is 5.73 Å². The summed E-state index contributed by atoms with van der Waals surface area (Å²) in [6, 6.07) is 2.26. The molecule has 0 aliphatic heterocycles. The molecule has 102 valence electrons. The van der Waals surface area contributed by atoms with Gasteiger partial charge in [-0.1, -0.05) is 30.9 Å². The standard InChI is InChI=1S/C15H24ClNS/c1-12-11-13(18-14(12)16)5-8-15(9-10-17)6-3-2-4-7-15/h11H,2-10,17H2,1H3. The normalized spacial score (nSPS) is 19.1. The van der Waals surface area contributed by atoms with Crippen molar-refractivity contribution in [2.24, 2.45) is 11.1 Å². The van der Waals surface area contributed by atoms with E-state index in [1.807, 2.05) is 0 Å². The van der Waals surface area contributed by atoms with Gasteiger partial charge in [0.15, 0.2) is 0 Å². The molecule has 1 nitrogen and oxygen atoms in total. The van der Waals surface area contributed by atoms with Crippen molar-refractivity contribution in [3.63, 3.8) is 0 Å². The van der Waals surface area contributed by atoms with Crippen molar-refractivity contribution in [3.05, 3.63) is 20.8 Å². The van der Waals surface area contributed by atoms with Crippen molar-refractivity contribution in [1.82, 2.24) is 0 Å². The molecule has 0 amide bonds. The van der Waals surface area contributed by atoms with E-state index in [2.05, 4.69) is 13.0 Å². The first-order chi connectivity index (χ1) is 8.65. The molecule has 1 saturated carbocycles. The van der Waals surface area contributed by atoms with Crippen LogP contribution in [0.3, 0.4) is 0 Å². The zero-order chi connectivity index (χ0) is 13.0. The van der Waals surface area contributed by atoms with Crippen LogP contribution in [0.5, 0.6) is 0 Å². The summed E-state index contributed by atoms with van der Waals surface area (Å²) in [5.41, 5.74) is 7.58. The highest BCUT2D eigenvalue weighted by Gasteiger charge is 2.30. The summed E-state index contributed by atoms with van der Waals surface area (Å²) in [7, 11) is 0. The number of rotatable bonds is 5. The molecule has 0 aromatic carbocycles. The highest BCUT2D eigenvalue weighted by molar-refractivity contribution is 7.16. The fourth-order valence-corrected chi connectivity index (χ4v) is 4.51. The van der Waals surface area contributed by atoms with Gasteiger partial charge in [-0.3, -0.25) is 0 Å². The molecule has 2 N–H and O–H groups in total. The van der Waals surface area contributed by atoms with Gasteiger partial charge in [0.05, 0.1) is 4.34 Å². The van der Waals surface area contributed by atoms with Crippen LogP contribution >= 0.6 is 22.9 Å². The number of nitrogens with two attached hydrogens (primary N) is 1. The maximum absolute atomic E-state index is 6.15. The van der Waals surface area contributed by atoms with Gasteiger partial charge in [-0.2, -0.15) is 0 Å². The Balaban J connectivity index is 1.96. The summed E-state index contributed by atoms with van der Waals surface area (Å²) in [5.74, 6) is 0. The molecule has 0 unspecified atom stereocenters. The molecule has 0 spiro atoms. The van der Waals surface area contributed by atoms with Crippen molar-refractivity contribution >= 4 is 22.9 Å². The van der Waals surface area contributed by atoms with E-state index in [0.29, 0.717) is 5.41 Å². The molecule has 0 saturated heterocycles. The molecular weight excluding hydrogens is 262 g/mol. The summed E-state index contributed by atoms with van der Waals surface area (Å²) in [6.07, 6.45) is 10.6. The van der Waals surface area contributed by atoms with Gasteiger partial charge in [0.1, 0.15) is 0 Å². The van der Waals surface area contributed by atoms with Gasteiger partial charge in [0.2, 0.25) is 0 Å². The number of thiophene rings is 1. The van der Waals surface area contributed by atoms with E-state index < -0.39 is 0 Å². The van der Waals surface area contributed by atoms with Gasteiger partial charge in [-0.25, -0.2) is 0 Å². The number of hydrogen-bond acceptors (Lipinski definition) is 2. The lowest BCUT2D eigenvalue weighted by atomic mass is 9.69. The molecule has 0 bridgehead atoms. The third-order valence-corrected chi connectivity index (χ3v) is 6.01. The molecule has 1 aliphatic carbocycles. The average molecular weight is 286 g/mol. The molecule has 1 fully saturated rings. The van der Waals surface area contributed by atoms with E-state index in [1.54, 1.807) is 11.3 Å². The molecule has 1 heterocycles. The lowest BCUT2D eigenvalue weighted by Crippen LogP contribution is -2.27. The fraction of sp³-hybridized carbons (Fsp3) is 0.733. The maximum atomic E-state index is 6.15. The zero-order valence-corrected chi connectivity index (χ0v) is 12.9. The molecule has 1 aromatic rings. The van der Waals surface area contributed by atoms with Crippen molar-refractivity contribution < 1.29 is 0 Å². The molecule has 18 heavy (non-hydrogen) atoms. The van der Waals surface area contributed by atoms with Gasteiger partial charge in [0, 0.05) is 4.88 Å². The first-order valence-electron chi connectivity index (χ1n) is 7.10. The Hall–Kier alpha value is -0.0500. The molecule has 1 aliphatic rings. The second-order valence-electron chi connectivity index (χ2n) is 5.77. The van der Waals surface area contributed by atoms with E-state index >= 15 is 0 Å². The highest BCUT2D eigenvalue weighted by atomic mass is 35.5. The smallest absolute Gasteiger partial charge is 0.0960 e. The van der Waals surface area contributed by atoms with E-state index in [9.17, 15) is 0 Å². The highest BCUT2D eigenvalue weighted by Crippen LogP contribution is 2.43. The SMILES string of the molecule is Cc1cc(CCC2(CCN)CCCCC2)sc1Cl. The minimum Gasteiger partial charge on any atom is -0.330 e. The molecule has 3 heteroatoms. The van der Waals surface area contributed by atoms with Crippen molar-refractivity contribution in [2.75, 3.05) is 6.54 Å². The van der Waals surface area contributed by atoms with Crippen LogP contribution in [0, 0.1) is 12.3 Å². The second kappa shape index (κ2) is 6.40. The Kier molecular flexibility index (Phi) is 5.11. The lowest BCUT2D eigenvalue weighted by Gasteiger charge is -2.37. The van der Waals surface area contributed by atoms with Crippen LogP contribution in [-0.4, -0.2) is 6.54 Å². The predicted octanol–water partition coefficient (Wildman–Crippen LogP) is 4.94. The van der Waals surface area contributed by atoms with Gasteiger partial charge in [-0.05, 0) is 62.6 Å². The van der Waals surface area contributed by atoms with Gasteiger partial charge in [0.25, 0.3) is 0 Å². The average Bonchev–Trinajstić information content (AvgIpc) is 2.68. The predicted molar refractivity (Wildman–Crippen MR) is 81.6 cm³/mol. The Morgan fingerprint density at radius 3 is 2.56 bits per heavy atom. The molecule has 1 aromatic heterocycles. The Morgan fingerprint density at radius 2 is 2.00 bits per heavy atom. The maximum Gasteiger partial charge on any atom is 0.0960 e. The molecule has 2 rings (SSSR count). The first-order valence-corrected chi connectivity index (χ1v) is 8.30. The van der Waals surface area contributed by atoms with Crippen LogP contribution in [0.2, 0.25) is 4.34 Å². The molecule has 0 radical (unpaired) electrons. The zero-order valence-electron chi connectivity index (χ0n) is 11.3. The third-order valence-electron chi connectivity index (χ3n) is 4.40.